The van der Waals surface area contributed by atoms with Gasteiger partial charge in [0.1, 0.15) is 5.82 Å². The standard InChI is InChI=1S/C22H25N5O2/c1-25-16(10-11-23-22(25)29)14-26-12-4-7-19(26)20-24-18-6-3-2-5-17(18)21(28)27(20)13-15-8-9-15/h2-3,5-6,10-11,15,19H,4,7-9,12-14H2,1H3. The molecule has 0 N–H and O–H groups in total. The molecule has 7 nitrogen and oxygen atoms in total. The van der Waals surface area contributed by atoms with Gasteiger partial charge < -0.3 is 0 Å². The van der Waals surface area contributed by atoms with E-state index in [-0.39, 0.29) is 17.3 Å². The van der Waals surface area contributed by atoms with Crippen LogP contribution in [0.3, 0.4) is 0 Å². The third-order valence-corrected chi connectivity index (χ3v) is 6.23. The Kier molecular flexibility index (Phi) is 4.54. The smallest absolute Gasteiger partial charge is 0.298 e. The van der Waals surface area contributed by atoms with Crippen LogP contribution in [0.1, 0.15) is 43.2 Å². The van der Waals surface area contributed by atoms with Gasteiger partial charge in [-0.3, -0.25) is 18.8 Å². The molecule has 3 aromatic rings. The predicted molar refractivity (Wildman–Crippen MR) is 111 cm³/mol. The van der Waals surface area contributed by atoms with E-state index in [4.69, 9.17) is 4.98 Å². The fourth-order valence-electron chi connectivity index (χ4n) is 4.36. The first-order chi connectivity index (χ1) is 14.1. The molecule has 2 aromatic heterocycles. The molecule has 2 aliphatic rings. The number of rotatable bonds is 5. The second-order valence-corrected chi connectivity index (χ2v) is 8.25. The average Bonchev–Trinajstić information content (AvgIpc) is 3.43. The number of hydrogen-bond acceptors (Lipinski definition) is 5. The first-order valence-corrected chi connectivity index (χ1v) is 10.4. The fraction of sp³-hybridized carbons (Fsp3) is 0.455. The molecule has 1 aliphatic heterocycles. The topological polar surface area (TPSA) is 73.0 Å². The van der Waals surface area contributed by atoms with Gasteiger partial charge in [0.15, 0.2) is 0 Å². The maximum Gasteiger partial charge on any atom is 0.347 e. The largest absolute Gasteiger partial charge is 0.347 e. The Morgan fingerprint density at radius 2 is 1.93 bits per heavy atom. The summed E-state index contributed by atoms with van der Waals surface area (Å²) in [6.07, 6.45) is 5.96. The molecule has 5 rings (SSSR count). The van der Waals surface area contributed by atoms with E-state index >= 15 is 0 Å². The van der Waals surface area contributed by atoms with Crippen molar-refractivity contribution < 1.29 is 0 Å². The van der Waals surface area contributed by atoms with Crippen molar-refractivity contribution in [3.8, 4) is 0 Å². The zero-order valence-electron chi connectivity index (χ0n) is 16.6. The molecule has 1 atom stereocenters. The highest BCUT2D eigenvalue weighted by atomic mass is 16.1. The minimum absolute atomic E-state index is 0.0701. The van der Waals surface area contributed by atoms with Gasteiger partial charge in [0.25, 0.3) is 5.56 Å². The summed E-state index contributed by atoms with van der Waals surface area (Å²) in [6.45, 7) is 2.32. The van der Waals surface area contributed by atoms with E-state index in [1.54, 1.807) is 17.8 Å². The summed E-state index contributed by atoms with van der Waals surface area (Å²) < 4.78 is 3.52. The SMILES string of the molecule is Cn1c(CN2CCCC2c2nc3ccccc3c(=O)n2CC2CC2)ccnc1=O. The summed E-state index contributed by atoms with van der Waals surface area (Å²) in [5.74, 6) is 1.46. The first-order valence-electron chi connectivity index (χ1n) is 10.4. The molecule has 7 heteroatoms. The third kappa shape index (κ3) is 3.40. The van der Waals surface area contributed by atoms with Crippen LogP contribution in [0.2, 0.25) is 0 Å². The monoisotopic (exact) mass is 391 g/mol. The molecule has 2 fully saturated rings. The molecule has 0 bridgehead atoms. The Morgan fingerprint density at radius 1 is 1.10 bits per heavy atom. The van der Waals surface area contributed by atoms with Crippen molar-refractivity contribution in [1.29, 1.82) is 0 Å². The molecular weight excluding hydrogens is 366 g/mol. The average molecular weight is 391 g/mol. The van der Waals surface area contributed by atoms with Gasteiger partial charge in [-0.1, -0.05) is 12.1 Å². The molecule has 1 saturated carbocycles. The van der Waals surface area contributed by atoms with E-state index in [0.717, 1.165) is 43.0 Å². The van der Waals surface area contributed by atoms with Crippen LogP contribution < -0.4 is 11.2 Å². The Hall–Kier alpha value is -2.80. The van der Waals surface area contributed by atoms with E-state index in [9.17, 15) is 9.59 Å². The number of aromatic nitrogens is 4. The molecule has 0 radical (unpaired) electrons. The van der Waals surface area contributed by atoms with Crippen molar-refractivity contribution in [1.82, 2.24) is 24.0 Å². The highest BCUT2D eigenvalue weighted by Gasteiger charge is 2.32. The Bertz CT molecular complexity index is 1180. The van der Waals surface area contributed by atoms with Gasteiger partial charge in [0.05, 0.1) is 16.9 Å². The van der Waals surface area contributed by atoms with Crippen molar-refractivity contribution in [2.24, 2.45) is 13.0 Å². The number of hydrogen-bond donors (Lipinski definition) is 0. The van der Waals surface area contributed by atoms with Gasteiger partial charge >= 0.3 is 5.69 Å². The summed E-state index contributed by atoms with van der Waals surface area (Å²) in [7, 11) is 1.76. The van der Waals surface area contributed by atoms with Crippen molar-refractivity contribution in [3.05, 3.63) is 68.9 Å². The molecule has 1 unspecified atom stereocenters. The lowest BCUT2D eigenvalue weighted by Crippen LogP contribution is -2.34. The maximum absolute atomic E-state index is 13.3. The van der Waals surface area contributed by atoms with E-state index < -0.39 is 0 Å². The predicted octanol–water partition coefficient (Wildman–Crippen LogP) is 2.24. The number of para-hydroxylation sites is 1. The van der Waals surface area contributed by atoms with Gasteiger partial charge in [-0.2, -0.15) is 0 Å². The van der Waals surface area contributed by atoms with Crippen molar-refractivity contribution in [2.45, 2.75) is 44.8 Å². The maximum atomic E-state index is 13.3. The minimum Gasteiger partial charge on any atom is -0.298 e. The third-order valence-electron chi connectivity index (χ3n) is 6.23. The Labute approximate surface area is 168 Å². The molecule has 1 aromatic carbocycles. The summed E-state index contributed by atoms with van der Waals surface area (Å²) in [5.41, 5.74) is 1.52. The van der Waals surface area contributed by atoms with Gasteiger partial charge in [-0.05, 0) is 56.3 Å². The number of likely N-dealkylation sites (tertiary alicyclic amines) is 1. The lowest BCUT2D eigenvalue weighted by Gasteiger charge is -2.27. The first kappa shape index (κ1) is 18.2. The highest BCUT2D eigenvalue weighted by Crippen LogP contribution is 2.35. The molecule has 3 heterocycles. The van der Waals surface area contributed by atoms with Gasteiger partial charge in [-0.15, -0.1) is 0 Å². The second kappa shape index (κ2) is 7.22. The van der Waals surface area contributed by atoms with E-state index in [2.05, 4.69) is 9.88 Å². The van der Waals surface area contributed by atoms with Crippen LogP contribution in [0.4, 0.5) is 0 Å². The highest BCUT2D eigenvalue weighted by molar-refractivity contribution is 5.77. The molecule has 150 valence electrons. The van der Waals surface area contributed by atoms with Crippen LogP contribution in [0.25, 0.3) is 10.9 Å². The minimum atomic E-state index is -0.243. The van der Waals surface area contributed by atoms with Crippen LogP contribution in [0, 0.1) is 5.92 Å². The summed E-state index contributed by atoms with van der Waals surface area (Å²) in [4.78, 5) is 36.3. The van der Waals surface area contributed by atoms with Crippen LogP contribution in [0.5, 0.6) is 0 Å². The number of fused-ring (bicyclic) bond motifs is 1. The Morgan fingerprint density at radius 3 is 2.76 bits per heavy atom. The lowest BCUT2D eigenvalue weighted by atomic mass is 10.1. The van der Waals surface area contributed by atoms with Gasteiger partial charge in [0, 0.05) is 32.0 Å². The van der Waals surface area contributed by atoms with E-state index in [1.807, 2.05) is 34.9 Å². The van der Waals surface area contributed by atoms with Crippen LogP contribution in [0.15, 0.2) is 46.1 Å². The van der Waals surface area contributed by atoms with Crippen LogP contribution in [-0.4, -0.2) is 30.5 Å². The van der Waals surface area contributed by atoms with Crippen LogP contribution in [-0.2, 0) is 20.1 Å². The summed E-state index contributed by atoms with van der Waals surface area (Å²) in [5, 5.41) is 0.693. The molecule has 29 heavy (non-hydrogen) atoms. The lowest BCUT2D eigenvalue weighted by molar-refractivity contribution is 0.226. The molecule has 0 amide bonds. The van der Waals surface area contributed by atoms with Gasteiger partial charge in [-0.25, -0.2) is 14.8 Å². The summed E-state index contributed by atoms with van der Waals surface area (Å²) in [6, 6.07) is 9.60. The normalized spacial score (nSPS) is 19.8. The molecule has 1 saturated heterocycles. The summed E-state index contributed by atoms with van der Waals surface area (Å²) >= 11 is 0. The van der Waals surface area contributed by atoms with E-state index in [1.165, 1.54) is 12.8 Å². The Balaban J connectivity index is 1.57. The fourth-order valence-corrected chi connectivity index (χ4v) is 4.36. The van der Waals surface area contributed by atoms with Crippen LogP contribution >= 0.6 is 0 Å². The zero-order valence-corrected chi connectivity index (χ0v) is 16.6. The zero-order chi connectivity index (χ0) is 20.0. The van der Waals surface area contributed by atoms with Gasteiger partial charge in [0.2, 0.25) is 0 Å². The second-order valence-electron chi connectivity index (χ2n) is 8.25. The van der Waals surface area contributed by atoms with Crippen molar-refractivity contribution in [2.75, 3.05) is 6.54 Å². The molecule has 0 spiro atoms. The quantitative estimate of drug-likeness (QED) is 0.667. The number of benzene rings is 1. The van der Waals surface area contributed by atoms with E-state index in [0.29, 0.717) is 17.8 Å². The van der Waals surface area contributed by atoms with Crippen molar-refractivity contribution >= 4 is 10.9 Å². The number of nitrogens with zero attached hydrogens (tertiary/aromatic N) is 5. The molecule has 1 aliphatic carbocycles. The molecular formula is C22H25N5O2. The van der Waals surface area contributed by atoms with Crippen molar-refractivity contribution in [3.63, 3.8) is 0 Å².